The molecule has 0 spiro atoms. The first-order chi connectivity index (χ1) is 16.7. The Bertz CT molecular complexity index is 1240. The highest BCUT2D eigenvalue weighted by Crippen LogP contribution is 2.36. The number of carbonyl (C=O) groups excluding carboxylic acids is 1. The Morgan fingerprint density at radius 1 is 0.971 bits per heavy atom. The molecule has 0 saturated carbocycles. The molecule has 7 heteroatoms. The molecule has 34 heavy (non-hydrogen) atoms. The fraction of sp³-hybridized carbons (Fsp3) is 0.407. The van der Waals surface area contributed by atoms with Crippen LogP contribution in [0.4, 0.5) is 0 Å². The second kappa shape index (κ2) is 8.89. The van der Waals surface area contributed by atoms with Gasteiger partial charge in [0.15, 0.2) is 5.76 Å². The van der Waals surface area contributed by atoms with Gasteiger partial charge in [0.1, 0.15) is 19.6 Å². The number of hydrogen-bond acceptors (Lipinski definition) is 4. The van der Waals surface area contributed by atoms with Crippen molar-refractivity contribution < 1.29 is 18.8 Å². The Labute approximate surface area is 198 Å². The second-order valence-corrected chi connectivity index (χ2v) is 9.77. The van der Waals surface area contributed by atoms with Gasteiger partial charge in [0, 0.05) is 42.4 Å². The van der Waals surface area contributed by atoms with Crippen LogP contribution in [0.25, 0.3) is 11.1 Å². The van der Waals surface area contributed by atoms with Gasteiger partial charge in [-0.05, 0) is 42.2 Å². The van der Waals surface area contributed by atoms with Crippen molar-refractivity contribution in [1.82, 2.24) is 9.47 Å². The number of carbonyl (C=O) groups is 1. The summed E-state index contributed by atoms with van der Waals surface area (Å²) in [5, 5.41) is 0. The van der Waals surface area contributed by atoms with Crippen LogP contribution in [0.1, 0.15) is 34.2 Å². The molecule has 0 unspecified atom stereocenters. The number of piperidine rings is 1. The number of fused-ring (bicyclic) bond motifs is 4. The maximum absolute atomic E-state index is 13.7. The minimum absolute atomic E-state index is 0.0633. The summed E-state index contributed by atoms with van der Waals surface area (Å²) in [7, 11) is 0. The molecular formula is C27H30N3O4+. The van der Waals surface area contributed by atoms with Crippen LogP contribution in [0.2, 0.25) is 0 Å². The number of benzene rings is 1. The number of nitrogens with zero attached hydrogens (tertiary/aromatic N) is 2. The van der Waals surface area contributed by atoms with E-state index in [1.54, 1.807) is 12.1 Å². The van der Waals surface area contributed by atoms with E-state index in [-0.39, 0.29) is 23.3 Å². The number of pyridine rings is 1. The van der Waals surface area contributed by atoms with E-state index in [0.29, 0.717) is 25.4 Å². The molecule has 0 aliphatic carbocycles. The van der Waals surface area contributed by atoms with Gasteiger partial charge in [0.25, 0.3) is 11.5 Å². The zero-order chi connectivity index (χ0) is 23.1. The third kappa shape index (κ3) is 3.89. The molecule has 2 aromatic heterocycles. The number of quaternary nitrogens is 1. The lowest BCUT2D eigenvalue weighted by Crippen LogP contribution is -3.12. The van der Waals surface area contributed by atoms with E-state index >= 15 is 0 Å². The van der Waals surface area contributed by atoms with E-state index in [4.69, 9.17) is 9.15 Å². The number of likely N-dealkylation sites (tertiary alicyclic amines) is 1. The van der Waals surface area contributed by atoms with Crippen molar-refractivity contribution in [1.29, 1.82) is 0 Å². The van der Waals surface area contributed by atoms with E-state index in [1.807, 2.05) is 21.6 Å². The number of furan rings is 1. The SMILES string of the molecule is O=C(c1ccco1)N1C[C@@H]2C[C@H](C1)c1ccc(-c3ccccc3C[NH+]3CCOCC3)c(=O)n1C2. The molecule has 1 aromatic carbocycles. The van der Waals surface area contributed by atoms with Gasteiger partial charge < -0.3 is 23.5 Å². The van der Waals surface area contributed by atoms with Gasteiger partial charge in [-0.3, -0.25) is 9.59 Å². The molecule has 176 valence electrons. The number of hydrogen-bond donors (Lipinski definition) is 1. The molecule has 3 aromatic rings. The van der Waals surface area contributed by atoms with Gasteiger partial charge in [-0.25, -0.2) is 0 Å². The van der Waals surface area contributed by atoms with E-state index in [0.717, 1.165) is 56.1 Å². The van der Waals surface area contributed by atoms with E-state index < -0.39 is 0 Å². The largest absolute Gasteiger partial charge is 0.459 e. The number of morpholine rings is 1. The molecule has 5 heterocycles. The fourth-order valence-corrected chi connectivity index (χ4v) is 5.92. The van der Waals surface area contributed by atoms with Gasteiger partial charge in [-0.15, -0.1) is 0 Å². The van der Waals surface area contributed by atoms with Crippen LogP contribution in [0.3, 0.4) is 0 Å². The third-order valence-corrected chi connectivity index (χ3v) is 7.57. The van der Waals surface area contributed by atoms with Crippen molar-refractivity contribution in [3.8, 4) is 11.1 Å². The van der Waals surface area contributed by atoms with Crippen LogP contribution in [-0.4, -0.2) is 54.8 Å². The first kappa shape index (κ1) is 21.4. The average molecular weight is 461 g/mol. The molecule has 2 bridgehead atoms. The highest BCUT2D eigenvalue weighted by molar-refractivity contribution is 5.91. The summed E-state index contributed by atoms with van der Waals surface area (Å²) in [6.45, 7) is 6.40. The van der Waals surface area contributed by atoms with Gasteiger partial charge >= 0.3 is 0 Å². The molecule has 2 fully saturated rings. The second-order valence-electron chi connectivity index (χ2n) is 9.77. The molecule has 2 atom stereocenters. The Hall–Kier alpha value is -3.16. The minimum atomic E-state index is -0.0633. The Morgan fingerprint density at radius 2 is 1.82 bits per heavy atom. The first-order valence-corrected chi connectivity index (χ1v) is 12.2. The van der Waals surface area contributed by atoms with Crippen molar-refractivity contribution >= 4 is 5.91 Å². The molecule has 1 N–H and O–H groups in total. The van der Waals surface area contributed by atoms with Crippen molar-refractivity contribution in [2.45, 2.75) is 25.4 Å². The van der Waals surface area contributed by atoms with E-state index in [9.17, 15) is 9.59 Å². The van der Waals surface area contributed by atoms with Crippen molar-refractivity contribution in [2.75, 3.05) is 39.4 Å². The maximum Gasteiger partial charge on any atom is 0.289 e. The number of rotatable bonds is 4. The van der Waals surface area contributed by atoms with Gasteiger partial charge in [0.05, 0.1) is 19.5 Å². The molecule has 3 aliphatic heterocycles. The summed E-state index contributed by atoms with van der Waals surface area (Å²) in [6.07, 6.45) is 2.55. The predicted molar refractivity (Wildman–Crippen MR) is 127 cm³/mol. The highest BCUT2D eigenvalue weighted by atomic mass is 16.5. The number of nitrogens with one attached hydrogen (secondary N) is 1. The van der Waals surface area contributed by atoms with E-state index in [2.05, 4.69) is 24.3 Å². The normalized spacial score (nSPS) is 22.4. The number of amides is 1. The molecule has 7 nitrogen and oxygen atoms in total. The summed E-state index contributed by atoms with van der Waals surface area (Å²) in [5.74, 6) is 0.755. The predicted octanol–water partition coefficient (Wildman–Crippen LogP) is 1.78. The topological polar surface area (TPSA) is 69.1 Å². The van der Waals surface area contributed by atoms with Crippen LogP contribution in [-0.2, 0) is 17.8 Å². The zero-order valence-electron chi connectivity index (χ0n) is 19.2. The third-order valence-electron chi connectivity index (χ3n) is 7.57. The van der Waals surface area contributed by atoms with Crippen molar-refractivity contribution in [3.05, 3.63) is 82.2 Å². The quantitative estimate of drug-likeness (QED) is 0.645. The van der Waals surface area contributed by atoms with Gasteiger partial charge in [-0.1, -0.05) is 24.3 Å². The highest BCUT2D eigenvalue weighted by Gasteiger charge is 2.37. The Morgan fingerprint density at radius 3 is 2.65 bits per heavy atom. The minimum Gasteiger partial charge on any atom is -0.459 e. The van der Waals surface area contributed by atoms with Crippen LogP contribution in [0.5, 0.6) is 0 Å². The Balaban J connectivity index is 1.30. The number of aromatic nitrogens is 1. The van der Waals surface area contributed by atoms with Crippen LogP contribution < -0.4 is 10.5 Å². The molecular weight excluding hydrogens is 430 g/mol. The molecule has 1 amide bonds. The number of ether oxygens (including phenoxy) is 1. The zero-order valence-corrected chi connectivity index (χ0v) is 19.2. The monoisotopic (exact) mass is 460 g/mol. The van der Waals surface area contributed by atoms with Crippen LogP contribution in [0, 0.1) is 5.92 Å². The smallest absolute Gasteiger partial charge is 0.289 e. The average Bonchev–Trinajstić information content (AvgIpc) is 3.40. The molecule has 2 saturated heterocycles. The van der Waals surface area contributed by atoms with Crippen molar-refractivity contribution in [3.63, 3.8) is 0 Å². The van der Waals surface area contributed by atoms with Crippen LogP contribution >= 0.6 is 0 Å². The summed E-state index contributed by atoms with van der Waals surface area (Å²) in [6, 6.07) is 15.9. The summed E-state index contributed by atoms with van der Waals surface area (Å²) in [4.78, 5) is 30.0. The molecule has 0 radical (unpaired) electrons. The molecule has 3 aliphatic rings. The Kier molecular flexibility index (Phi) is 5.59. The lowest BCUT2D eigenvalue weighted by molar-refractivity contribution is -0.921. The lowest BCUT2D eigenvalue weighted by atomic mass is 9.82. The standard InChI is InChI=1S/C27H29N3O4/c31-26-23(22-5-2-1-4-20(22)17-28-9-12-33-13-10-28)7-8-24-21-14-19(16-30(24)26)15-29(18-21)27(32)25-6-3-11-34-25/h1-8,11,19,21H,9-10,12-18H2/p+1/t19-,21+/m0/s1. The first-order valence-electron chi connectivity index (χ1n) is 12.2. The summed E-state index contributed by atoms with van der Waals surface area (Å²) in [5.41, 5.74) is 4.14. The fourth-order valence-electron chi connectivity index (χ4n) is 5.92. The lowest BCUT2D eigenvalue weighted by Gasteiger charge is -2.42. The van der Waals surface area contributed by atoms with Gasteiger partial charge in [-0.2, -0.15) is 0 Å². The summed E-state index contributed by atoms with van der Waals surface area (Å²) >= 11 is 0. The van der Waals surface area contributed by atoms with Crippen molar-refractivity contribution in [2.24, 2.45) is 5.92 Å². The molecule has 6 rings (SSSR count). The van der Waals surface area contributed by atoms with Crippen LogP contribution in [0.15, 0.2) is 64.0 Å². The van der Waals surface area contributed by atoms with Gasteiger partial charge in [0.2, 0.25) is 0 Å². The maximum atomic E-state index is 13.7. The summed E-state index contributed by atoms with van der Waals surface area (Å²) < 4.78 is 12.8. The van der Waals surface area contributed by atoms with E-state index in [1.165, 1.54) is 16.7 Å².